The summed E-state index contributed by atoms with van der Waals surface area (Å²) >= 11 is 6.31. The van der Waals surface area contributed by atoms with Crippen molar-refractivity contribution >= 4 is 23.3 Å². The predicted octanol–water partition coefficient (Wildman–Crippen LogP) is 4.14. The van der Waals surface area contributed by atoms with Gasteiger partial charge in [-0.15, -0.1) is 0 Å². The lowest BCUT2D eigenvalue weighted by Gasteiger charge is -2.65. The molecule has 9 heteroatoms. The SMILES string of the molecule is CC[C@@H](OCCOC)[C@@]12C[C@@H](C)C[C@@H](C1)N2C(=O)Nc1ccc(Cl)c(-n2nccn2)c1. The topological polar surface area (TPSA) is 81.5 Å². The van der Waals surface area contributed by atoms with Crippen LogP contribution < -0.4 is 5.32 Å². The van der Waals surface area contributed by atoms with E-state index >= 15 is 0 Å². The molecule has 31 heavy (non-hydrogen) atoms. The van der Waals surface area contributed by atoms with Gasteiger partial charge < -0.3 is 19.7 Å². The van der Waals surface area contributed by atoms with E-state index in [0.29, 0.717) is 35.5 Å². The van der Waals surface area contributed by atoms with Crippen molar-refractivity contribution in [2.24, 2.45) is 5.92 Å². The molecule has 0 unspecified atom stereocenters. The van der Waals surface area contributed by atoms with E-state index in [1.54, 1.807) is 37.7 Å². The number of ether oxygens (including phenoxy) is 2. The lowest BCUT2D eigenvalue weighted by molar-refractivity contribution is -0.173. The molecule has 1 aliphatic carbocycles. The van der Waals surface area contributed by atoms with Gasteiger partial charge in [0.1, 0.15) is 5.69 Å². The highest BCUT2D eigenvalue weighted by atomic mass is 35.5. The van der Waals surface area contributed by atoms with Crippen LogP contribution in [0.15, 0.2) is 30.6 Å². The summed E-state index contributed by atoms with van der Waals surface area (Å²) < 4.78 is 11.3. The normalized spacial score (nSPS) is 25.7. The summed E-state index contributed by atoms with van der Waals surface area (Å²) in [4.78, 5) is 16.9. The average Bonchev–Trinajstić information content (AvgIpc) is 3.26. The number of nitrogens with one attached hydrogen (secondary N) is 1. The van der Waals surface area contributed by atoms with Crippen LogP contribution >= 0.6 is 11.6 Å². The maximum absolute atomic E-state index is 13.4. The standard InChI is InChI=1S/C22H30ClN5O3/c1-4-20(31-10-9-30-3)22-13-15(2)11-17(14-22)27(22)21(29)26-16-5-6-18(23)19(12-16)28-24-7-8-25-28/h5-8,12,15,17,20H,4,9-11,13-14H2,1-3H3,(H,26,29)/t15-,17-,20+,22+/m0/s1. The van der Waals surface area contributed by atoms with Crippen LogP contribution in [0.4, 0.5) is 10.5 Å². The minimum atomic E-state index is -0.270. The van der Waals surface area contributed by atoms with E-state index in [9.17, 15) is 4.79 Å². The molecule has 4 rings (SSSR count). The van der Waals surface area contributed by atoms with Gasteiger partial charge in [0.15, 0.2) is 0 Å². The second kappa shape index (κ2) is 9.14. The van der Waals surface area contributed by atoms with Gasteiger partial charge in [-0.1, -0.05) is 25.4 Å². The molecular formula is C22H30ClN5O3. The fourth-order valence-corrected chi connectivity index (χ4v) is 5.54. The lowest BCUT2D eigenvalue weighted by Crippen LogP contribution is -2.76. The number of hydrogen-bond donors (Lipinski definition) is 1. The van der Waals surface area contributed by atoms with Gasteiger partial charge in [-0.25, -0.2) is 4.79 Å². The Morgan fingerprint density at radius 1 is 1.32 bits per heavy atom. The fourth-order valence-electron chi connectivity index (χ4n) is 5.35. The highest BCUT2D eigenvalue weighted by Crippen LogP contribution is 2.53. The van der Waals surface area contributed by atoms with Crippen LogP contribution in [0.1, 0.15) is 39.5 Å². The molecule has 2 bridgehead atoms. The number of fused-ring (bicyclic) bond motifs is 2. The van der Waals surface area contributed by atoms with Crippen molar-refractivity contribution in [2.75, 3.05) is 25.6 Å². The Balaban J connectivity index is 1.54. The zero-order valence-corrected chi connectivity index (χ0v) is 19.0. The second-order valence-electron chi connectivity index (χ2n) is 8.55. The monoisotopic (exact) mass is 447 g/mol. The Hall–Kier alpha value is -2.16. The molecule has 2 heterocycles. The van der Waals surface area contributed by atoms with Gasteiger partial charge in [0, 0.05) is 18.8 Å². The molecule has 2 amide bonds. The summed E-state index contributed by atoms with van der Waals surface area (Å²) in [7, 11) is 1.67. The number of halogens is 1. The number of hydrogen-bond acceptors (Lipinski definition) is 5. The molecule has 1 saturated carbocycles. The van der Waals surface area contributed by atoms with Gasteiger partial charge in [0.05, 0.1) is 42.3 Å². The number of carbonyl (C=O) groups excluding carboxylic acids is 1. The molecule has 0 radical (unpaired) electrons. The van der Waals surface area contributed by atoms with Crippen LogP contribution in [0.5, 0.6) is 0 Å². The second-order valence-corrected chi connectivity index (χ2v) is 8.96. The molecule has 1 saturated heterocycles. The number of rotatable bonds is 8. The molecule has 2 aromatic rings. The molecule has 1 aromatic heterocycles. The minimum absolute atomic E-state index is 0.0125. The molecule has 4 atom stereocenters. The summed E-state index contributed by atoms with van der Waals surface area (Å²) in [6.45, 7) is 5.47. The minimum Gasteiger partial charge on any atom is -0.382 e. The van der Waals surface area contributed by atoms with Crippen LogP contribution in [0.3, 0.4) is 0 Å². The number of anilines is 1. The van der Waals surface area contributed by atoms with Crippen molar-refractivity contribution in [1.29, 1.82) is 0 Å². The van der Waals surface area contributed by atoms with Crippen molar-refractivity contribution in [3.05, 3.63) is 35.6 Å². The Labute approximate surface area is 187 Å². The summed E-state index contributed by atoms with van der Waals surface area (Å²) in [5.74, 6) is 0.566. The maximum atomic E-state index is 13.4. The van der Waals surface area contributed by atoms with E-state index in [4.69, 9.17) is 21.1 Å². The molecule has 1 N–H and O–H groups in total. The molecule has 0 spiro atoms. The van der Waals surface area contributed by atoms with Gasteiger partial charge in [0.25, 0.3) is 0 Å². The number of benzene rings is 1. The number of urea groups is 1. The van der Waals surface area contributed by atoms with Crippen molar-refractivity contribution < 1.29 is 14.3 Å². The third-order valence-corrected chi connectivity index (χ3v) is 6.76. The van der Waals surface area contributed by atoms with Gasteiger partial charge in [-0.2, -0.15) is 15.0 Å². The average molecular weight is 448 g/mol. The van der Waals surface area contributed by atoms with Crippen molar-refractivity contribution in [3.63, 3.8) is 0 Å². The van der Waals surface area contributed by atoms with Crippen LogP contribution in [0, 0.1) is 5.92 Å². The number of aromatic nitrogens is 3. The van der Waals surface area contributed by atoms with Gasteiger partial charge in [0.2, 0.25) is 0 Å². The van der Waals surface area contributed by atoms with Gasteiger partial charge in [-0.05, 0) is 49.8 Å². The molecule has 168 valence electrons. The zero-order chi connectivity index (χ0) is 22.0. The van der Waals surface area contributed by atoms with Crippen LogP contribution in [0.25, 0.3) is 5.69 Å². The van der Waals surface area contributed by atoms with Crippen molar-refractivity contribution in [2.45, 2.75) is 57.2 Å². The maximum Gasteiger partial charge on any atom is 0.322 e. The summed E-state index contributed by atoms with van der Waals surface area (Å²) in [5.41, 5.74) is 1.00. The first kappa shape index (κ1) is 22.0. The first-order chi connectivity index (χ1) is 15.0. The van der Waals surface area contributed by atoms with E-state index < -0.39 is 0 Å². The predicted molar refractivity (Wildman–Crippen MR) is 119 cm³/mol. The van der Waals surface area contributed by atoms with E-state index in [-0.39, 0.29) is 23.7 Å². The van der Waals surface area contributed by atoms with Gasteiger partial charge in [-0.3, -0.25) is 0 Å². The van der Waals surface area contributed by atoms with Crippen LogP contribution in [-0.2, 0) is 9.47 Å². The highest BCUT2D eigenvalue weighted by Gasteiger charge is 2.61. The molecule has 1 aliphatic heterocycles. The van der Waals surface area contributed by atoms with Gasteiger partial charge >= 0.3 is 6.03 Å². The Kier molecular flexibility index (Phi) is 6.50. The van der Waals surface area contributed by atoms with E-state index in [1.165, 1.54) is 4.80 Å². The van der Waals surface area contributed by atoms with Crippen LogP contribution in [-0.4, -0.2) is 63.9 Å². The molecule has 2 aliphatic rings. The number of likely N-dealkylation sites (tertiary alicyclic amines) is 1. The summed E-state index contributed by atoms with van der Waals surface area (Å²) in [5, 5.41) is 11.9. The van der Waals surface area contributed by atoms with E-state index in [2.05, 4.69) is 29.4 Å². The first-order valence-electron chi connectivity index (χ1n) is 10.9. The lowest BCUT2D eigenvalue weighted by atomic mass is 9.61. The Morgan fingerprint density at radius 2 is 2.10 bits per heavy atom. The van der Waals surface area contributed by atoms with E-state index in [1.807, 2.05) is 4.90 Å². The number of nitrogens with zero attached hydrogens (tertiary/aromatic N) is 4. The Morgan fingerprint density at radius 3 is 2.81 bits per heavy atom. The number of piperidine rings is 1. The van der Waals surface area contributed by atoms with E-state index in [0.717, 1.165) is 25.7 Å². The smallest absolute Gasteiger partial charge is 0.322 e. The third-order valence-electron chi connectivity index (χ3n) is 6.44. The van der Waals surface area contributed by atoms with Crippen molar-refractivity contribution in [1.82, 2.24) is 19.9 Å². The molecule has 1 aromatic carbocycles. The zero-order valence-electron chi connectivity index (χ0n) is 18.3. The van der Waals surface area contributed by atoms with Crippen molar-refractivity contribution in [3.8, 4) is 5.69 Å². The molecule has 2 fully saturated rings. The quantitative estimate of drug-likeness (QED) is 0.615. The third kappa shape index (κ3) is 4.16. The number of methoxy groups -OCH3 is 1. The largest absolute Gasteiger partial charge is 0.382 e. The number of amides is 2. The number of carbonyl (C=O) groups is 1. The highest BCUT2D eigenvalue weighted by molar-refractivity contribution is 6.32. The summed E-state index contributed by atoms with van der Waals surface area (Å²) in [6.07, 6.45) is 6.96. The Bertz CT molecular complexity index is 909. The van der Waals surface area contributed by atoms with Crippen LogP contribution in [0.2, 0.25) is 5.02 Å². The fraction of sp³-hybridized carbons (Fsp3) is 0.591. The molecular weight excluding hydrogens is 418 g/mol. The summed E-state index contributed by atoms with van der Waals surface area (Å²) in [6, 6.07) is 5.47. The molecule has 8 nitrogen and oxygen atoms in total. The first-order valence-corrected chi connectivity index (χ1v) is 11.2.